The van der Waals surface area contributed by atoms with Crippen molar-refractivity contribution in [2.45, 2.75) is 19.4 Å². The van der Waals surface area contributed by atoms with E-state index in [0.29, 0.717) is 10.9 Å². The first-order valence-corrected chi connectivity index (χ1v) is 6.82. The number of hydrogen-bond acceptors (Lipinski definition) is 2. The van der Waals surface area contributed by atoms with Gasteiger partial charge in [-0.1, -0.05) is 23.2 Å². The van der Waals surface area contributed by atoms with Gasteiger partial charge in [0.15, 0.2) is 0 Å². The number of hydrogen-bond donors (Lipinski definition) is 2. The molecule has 1 aromatic carbocycles. The molecule has 0 bridgehead atoms. The lowest BCUT2D eigenvalue weighted by Gasteiger charge is -2.31. The highest BCUT2D eigenvalue weighted by molar-refractivity contribution is 6.33. The second-order valence-electron chi connectivity index (χ2n) is 4.74. The van der Waals surface area contributed by atoms with Gasteiger partial charge in [0, 0.05) is 22.5 Å². The van der Waals surface area contributed by atoms with Gasteiger partial charge < -0.3 is 5.73 Å². The molecule has 5 heteroatoms. The summed E-state index contributed by atoms with van der Waals surface area (Å²) in [7, 11) is 0. The topological polar surface area (TPSA) is 53.1 Å². The van der Waals surface area contributed by atoms with Crippen molar-refractivity contribution in [1.29, 1.82) is 5.41 Å². The summed E-state index contributed by atoms with van der Waals surface area (Å²) < 4.78 is 0. The fourth-order valence-corrected chi connectivity index (χ4v) is 2.68. The molecule has 1 heterocycles. The van der Waals surface area contributed by atoms with E-state index in [9.17, 15) is 0 Å². The second-order valence-corrected chi connectivity index (χ2v) is 5.59. The van der Waals surface area contributed by atoms with Gasteiger partial charge in [-0.25, -0.2) is 0 Å². The Bertz CT molecular complexity index is 440. The SMILES string of the molecule is N=C(N)C1CCN(Cc2cc(Cl)ccc2Cl)CC1. The summed E-state index contributed by atoms with van der Waals surface area (Å²) in [4.78, 5) is 2.33. The number of benzene rings is 1. The Morgan fingerprint density at radius 3 is 2.61 bits per heavy atom. The molecule has 0 radical (unpaired) electrons. The maximum atomic E-state index is 7.46. The number of amidine groups is 1. The predicted octanol–water partition coefficient (Wildman–Crippen LogP) is 3.14. The first-order chi connectivity index (χ1) is 8.56. The number of rotatable bonds is 3. The lowest BCUT2D eigenvalue weighted by atomic mass is 9.95. The van der Waals surface area contributed by atoms with E-state index in [0.717, 1.165) is 43.1 Å². The molecule has 18 heavy (non-hydrogen) atoms. The average Bonchev–Trinajstić information content (AvgIpc) is 2.34. The fraction of sp³-hybridized carbons (Fsp3) is 0.462. The van der Waals surface area contributed by atoms with E-state index in [4.69, 9.17) is 34.3 Å². The number of nitrogens with one attached hydrogen (secondary N) is 1. The van der Waals surface area contributed by atoms with Crippen LogP contribution >= 0.6 is 23.2 Å². The van der Waals surface area contributed by atoms with Crippen molar-refractivity contribution in [2.75, 3.05) is 13.1 Å². The van der Waals surface area contributed by atoms with E-state index >= 15 is 0 Å². The normalized spacial score (nSPS) is 17.9. The first kappa shape index (κ1) is 13.7. The van der Waals surface area contributed by atoms with Crippen molar-refractivity contribution in [3.05, 3.63) is 33.8 Å². The summed E-state index contributed by atoms with van der Waals surface area (Å²) in [6.45, 7) is 2.71. The Morgan fingerprint density at radius 1 is 1.33 bits per heavy atom. The molecule has 0 atom stereocenters. The van der Waals surface area contributed by atoms with Crippen LogP contribution in [0.1, 0.15) is 18.4 Å². The Balaban J connectivity index is 1.95. The Hall–Kier alpha value is -0.770. The van der Waals surface area contributed by atoms with E-state index in [2.05, 4.69) is 4.90 Å². The van der Waals surface area contributed by atoms with Crippen LogP contribution in [0, 0.1) is 11.3 Å². The third-order valence-electron chi connectivity index (χ3n) is 3.43. The second kappa shape index (κ2) is 5.91. The molecule has 0 unspecified atom stereocenters. The predicted molar refractivity (Wildman–Crippen MR) is 76.4 cm³/mol. The summed E-state index contributed by atoms with van der Waals surface area (Å²) in [6, 6.07) is 5.55. The van der Waals surface area contributed by atoms with Crippen LogP contribution in [0.3, 0.4) is 0 Å². The molecule has 98 valence electrons. The minimum absolute atomic E-state index is 0.246. The molecule has 0 aromatic heterocycles. The minimum atomic E-state index is 0.246. The maximum Gasteiger partial charge on any atom is 0.0937 e. The van der Waals surface area contributed by atoms with Gasteiger partial charge in [-0.2, -0.15) is 0 Å². The third kappa shape index (κ3) is 3.37. The lowest BCUT2D eigenvalue weighted by molar-refractivity contribution is 0.201. The molecule has 3 nitrogen and oxygen atoms in total. The summed E-state index contributed by atoms with van der Waals surface area (Å²) >= 11 is 12.1. The largest absolute Gasteiger partial charge is 0.387 e. The molecule has 3 N–H and O–H groups in total. The molecule has 0 aliphatic carbocycles. The number of nitrogens with zero attached hydrogens (tertiary/aromatic N) is 1. The number of halogens is 2. The van der Waals surface area contributed by atoms with Crippen molar-refractivity contribution >= 4 is 29.0 Å². The summed E-state index contributed by atoms with van der Waals surface area (Å²) in [5.41, 5.74) is 6.60. The van der Waals surface area contributed by atoms with Crippen LogP contribution in [0.15, 0.2) is 18.2 Å². The van der Waals surface area contributed by atoms with Crippen LogP contribution in [0.2, 0.25) is 10.0 Å². The molecule has 1 aliphatic rings. The number of likely N-dealkylation sites (tertiary alicyclic amines) is 1. The van der Waals surface area contributed by atoms with Gasteiger partial charge >= 0.3 is 0 Å². The summed E-state index contributed by atoms with van der Waals surface area (Å²) in [5, 5.41) is 8.93. The van der Waals surface area contributed by atoms with Crippen molar-refractivity contribution in [2.24, 2.45) is 11.7 Å². The van der Waals surface area contributed by atoms with Crippen molar-refractivity contribution in [1.82, 2.24) is 4.90 Å². The van der Waals surface area contributed by atoms with Gasteiger partial charge in [0.05, 0.1) is 5.84 Å². The van der Waals surface area contributed by atoms with Crippen LogP contribution in [-0.2, 0) is 6.54 Å². The summed E-state index contributed by atoms with van der Waals surface area (Å²) in [6.07, 6.45) is 1.90. The maximum absolute atomic E-state index is 7.46. The van der Waals surface area contributed by atoms with Gasteiger partial charge in [-0.15, -0.1) is 0 Å². The Morgan fingerprint density at radius 2 is 2.00 bits per heavy atom. The highest BCUT2D eigenvalue weighted by Crippen LogP contribution is 2.24. The summed E-state index contributed by atoms with van der Waals surface area (Å²) in [5.74, 6) is 0.562. The lowest BCUT2D eigenvalue weighted by Crippen LogP contribution is -2.37. The van der Waals surface area contributed by atoms with Gasteiger partial charge in [0.25, 0.3) is 0 Å². The zero-order chi connectivity index (χ0) is 13.1. The monoisotopic (exact) mass is 285 g/mol. The Labute approximate surface area is 117 Å². The molecule has 2 rings (SSSR count). The quantitative estimate of drug-likeness (QED) is 0.662. The van der Waals surface area contributed by atoms with Gasteiger partial charge in [0.1, 0.15) is 0 Å². The highest BCUT2D eigenvalue weighted by Gasteiger charge is 2.21. The van der Waals surface area contributed by atoms with Gasteiger partial charge in [-0.05, 0) is 49.7 Å². The first-order valence-electron chi connectivity index (χ1n) is 6.06. The van der Waals surface area contributed by atoms with Crippen LogP contribution in [0.4, 0.5) is 0 Å². The standard InChI is InChI=1S/C13H17Cl2N3/c14-11-1-2-12(15)10(7-11)8-18-5-3-9(4-6-18)13(16)17/h1-2,7,9H,3-6,8H2,(H3,16,17). The van der Waals surface area contributed by atoms with Gasteiger partial charge in [-0.3, -0.25) is 10.3 Å². The van der Waals surface area contributed by atoms with E-state index < -0.39 is 0 Å². The zero-order valence-electron chi connectivity index (χ0n) is 10.1. The molecular formula is C13H17Cl2N3. The molecule has 0 amide bonds. The van der Waals surface area contributed by atoms with Crippen molar-refractivity contribution in [3.63, 3.8) is 0 Å². The van der Waals surface area contributed by atoms with E-state index in [1.165, 1.54) is 0 Å². The number of piperidine rings is 1. The van der Waals surface area contributed by atoms with E-state index in [1.807, 2.05) is 12.1 Å². The van der Waals surface area contributed by atoms with E-state index in [-0.39, 0.29) is 5.92 Å². The van der Waals surface area contributed by atoms with Crippen molar-refractivity contribution < 1.29 is 0 Å². The zero-order valence-corrected chi connectivity index (χ0v) is 11.6. The third-order valence-corrected chi connectivity index (χ3v) is 4.03. The van der Waals surface area contributed by atoms with Crippen molar-refractivity contribution in [3.8, 4) is 0 Å². The van der Waals surface area contributed by atoms with Crippen LogP contribution < -0.4 is 5.73 Å². The van der Waals surface area contributed by atoms with Gasteiger partial charge in [0.2, 0.25) is 0 Å². The molecule has 1 aromatic rings. The number of nitrogens with two attached hydrogens (primary N) is 1. The van der Waals surface area contributed by atoms with Crippen LogP contribution in [0.5, 0.6) is 0 Å². The molecule has 1 saturated heterocycles. The highest BCUT2D eigenvalue weighted by atomic mass is 35.5. The molecule has 1 aliphatic heterocycles. The molecular weight excluding hydrogens is 269 g/mol. The van der Waals surface area contributed by atoms with E-state index in [1.54, 1.807) is 6.07 Å². The molecule has 0 spiro atoms. The average molecular weight is 286 g/mol. The smallest absolute Gasteiger partial charge is 0.0937 e. The van der Waals surface area contributed by atoms with Crippen LogP contribution in [-0.4, -0.2) is 23.8 Å². The molecule has 0 saturated carbocycles. The minimum Gasteiger partial charge on any atom is -0.387 e. The fourth-order valence-electron chi connectivity index (χ4n) is 2.31. The molecule has 1 fully saturated rings. The van der Waals surface area contributed by atoms with Crippen LogP contribution in [0.25, 0.3) is 0 Å². The Kier molecular flexibility index (Phi) is 4.49.